The van der Waals surface area contributed by atoms with Crippen LogP contribution in [0.1, 0.15) is 45.9 Å². The second-order valence-corrected chi connectivity index (χ2v) is 18.0. The first-order chi connectivity index (χ1) is 31.6. The molecule has 11 aromatic rings. The van der Waals surface area contributed by atoms with Gasteiger partial charge in [-0.2, -0.15) is 0 Å². The van der Waals surface area contributed by atoms with Crippen molar-refractivity contribution in [2.24, 2.45) is 0 Å². The largest absolute Gasteiger partial charge is 0.310 e. The van der Waals surface area contributed by atoms with Gasteiger partial charge >= 0.3 is 0 Å². The Balaban J connectivity index is 1.04. The van der Waals surface area contributed by atoms with E-state index in [1.165, 1.54) is 105 Å². The van der Waals surface area contributed by atoms with Crippen molar-refractivity contribution in [2.45, 2.75) is 17.8 Å². The number of fused-ring (bicyclic) bond motifs is 19. The molecular formula is C63H41N. The summed E-state index contributed by atoms with van der Waals surface area (Å²) in [6.07, 6.45) is 0. The zero-order valence-electron chi connectivity index (χ0n) is 35.4. The van der Waals surface area contributed by atoms with Gasteiger partial charge in [-0.25, -0.2) is 0 Å². The van der Waals surface area contributed by atoms with Gasteiger partial charge in [0, 0.05) is 22.5 Å². The van der Waals surface area contributed by atoms with Crippen LogP contribution in [0.3, 0.4) is 0 Å². The molecule has 0 amide bonds. The lowest BCUT2D eigenvalue weighted by atomic mass is 9.70. The van der Waals surface area contributed by atoms with Gasteiger partial charge in [0.05, 0.1) is 5.41 Å². The standard InChI is InChI=1S/C63H41N/c1-62(40-17-3-2-4-18-40)56-27-13-9-25-51(56)54-38-42(32-35-57(54)62)64(41-31-34-48-46-21-6-5-19-44(46)45-20-7-8-22-47(45)53(48)37-41)43-33-36-61-55(39-43)52-26-12-16-30-60(52)63(61)58-28-14-10-23-49(58)50-24-11-15-29-59(50)63/h2-39H,1H3. The van der Waals surface area contributed by atoms with E-state index >= 15 is 0 Å². The van der Waals surface area contributed by atoms with Crippen molar-refractivity contribution in [1.29, 1.82) is 0 Å². The average molecular weight is 812 g/mol. The minimum absolute atomic E-state index is 0.279. The first-order valence-electron chi connectivity index (χ1n) is 22.5. The Morgan fingerprint density at radius 1 is 0.266 bits per heavy atom. The van der Waals surface area contributed by atoms with E-state index in [2.05, 4.69) is 242 Å². The second kappa shape index (κ2) is 13.0. The summed E-state index contributed by atoms with van der Waals surface area (Å²) in [6, 6.07) is 86.7. The van der Waals surface area contributed by atoms with Crippen LogP contribution in [0.5, 0.6) is 0 Å². The molecule has 3 aliphatic carbocycles. The van der Waals surface area contributed by atoms with Crippen LogP contribution in [0.2, 0.25) is 0 Å². The molecule has 1 heteroatoms. The highest BCUT2D eigenvalue weighted by molar-refractivity contribution is 6.25. The average Bonchev–Trinajstić information content (AvgIpc) is 3.94. The number of benzene rings is 11. The van der Waals surface area contributed by atoms with Gasteiger partial charge in [-0.15, -0.1) is 0 Å². The van der Waals surface area contributed by atoms with E-state index in [-0.39, 0.29) is 5.41 Å². The molecule has 14 rings (SSSR count). The predicted octanol–water partition coefficient (Wildman–Crippen LogP) is 16.3. The topological polar surface area (TPSA) is 3.24 Å². The molecule has 1 unspecified atom stereocenters. The summed E-state index contributed by atoms with van der Waals surface area (Å²) in [7, 11) is 0. The van der Waals surface area contributed by atoms with E-state index in [4.69, 9.17) is 0 Å². The molecule has 0 heterocycles. The Morgan fingerprint density at radius 2 is 0.609 bits per heavy atom. The zero-order valence-corrected chi connectivity index (χ0v) is 35.4. The third-order valence-corrected chi connectivity index (χ3v) is 15.1. The maximum atomic E-state index is 2.51. The van der Waals surface area contributed by atoms with E-state index in [1.54, 1.807) is 0 Å². The quantitative estimate of drug-likeness (QED) is 0.160. The summed E-state index contributed by atoms with van der Waals surface area (Å²) in [5.74, 6) is 0. The SMILES string of the molecule is CC1(c2ccccc2)c2ccccc2-c2cc(N(c3ccc4c(c3)-c3ccccc3C43c4ccccc4-c4ccccc43)c3ccc4c5ccccc5c5ccccc5c4c3)ccc21. The Hall–Kier alpha value is -8.00. The molecular weight excluding hydrogens is 771 g/mol. The molecule has 0 aromatic heterocycles. The molecule has 0 aliphatic heterocycles. The molecule has 0 saturated carbocycles. The van der Waals surface area contributed by atoms with Crippen LogP contribution >= 0.6 is 0 Å². The van der Waals surface area contributed by atoms with Crippen LogP contribution in [0.25, 0.3) is 65.7 Å². The minimum Gasteiger partial charge on any atom is -0.310 e. The third-order valence-electron chi connectivity index (χ3n) is 15.1. The number of hydrogen-bond acceptors (Lipinski definition) is 1. The molecule has 0 N–H and O–H groups in total. The van der Waals surface area contributed by atoms with Crippen molar-refractivity contribution in [2.75, 3.05) is 4.90 Å². The van der Waals surface area contributed by atoms with Gasteiger partial charge in [0.1, 0.15) is 0 Å². The van der Waals surface area contributed by atoms with Crippen molar-refractivity contribution in [1.82, 2.24) is 0 Å². The first kappa shape index (κ1) is 35.6. The lowest BCUT2D eigenvalue weighted by molar-refractivity contribution is 0.714. The maximum absolute atomic E-state index is 2.51. The lowest BCUT2D eigenvalue weighted by Gasteiger charge is -2.31. The molecule has 1 spiro atoms. The highest BCUT2D eigenvalue weighted by Crippen LogP contribution is 2.63. The summed E-state index contributed by atoms with van der Waals surface area (Å²) >= 11 is 0. The Morgan fingerprint density at radius 3 is 1.17 bits per heavy atom. The second-order valence-electron chi connectivity index (χ2n) is 18.0. The monoisotopic (exact) mass is 811 g/mol. The maximum Gasteiger partial charge on any atom is 0.0725 e. The van der Waals surface area contributed by atoms with Gasteiger partial charge < -0.3 is 4.90 Å². The van der Waals surface area contributed by atoms with Gasteiger partial charge in [-0.3, -0.25) is 0 Å². The number of hydrogen-bond donors (Lipinski definition) is 0. The van der Waals surface area contributed by atoms with Crippen LogP contribution < -0.4 is 4.90 Å². The summed E-state index contributed by atoms with van der Waals surface area (Å²) in [5, 5.41) is 7.63. The molecule has 0 bridgehead atoms. The van der Waals surface area contributed by atoms with E-state index in [0.29, 0.717) is 0 Å². The number of nitrogens with zero attached hydrogens (tertiary/aromatic N) is 1. The molecule has 1 atom stereocenters. The van der Waals surface area contributed by atoms with Crippen LogP contribution in [0, 0.1) is 0 Å². The van der Waals surface area contributed by atoms with E-state index in [9.17, 15) is 0 Å². The molecule has 1 nitrogen and oxygen atoms in total. The fourth-order valence-corrected chi connectivity index (χ4v) is 12.4. The van der Waals surface area contributed by atoms with Gasteiger partial charge in [0.15, 0.2) is 0 Å². The molecule has 64 heavy (non-hydrogen) atoms. The highest BCUT2D eigenvalue weighted by Gasteiger charge is 2.51. The molecule has 298 valence electrons. The first-order valence-corrected chi connectivity index (χ1v) is 22.5. The lowest BCUT2D eigenvalue weighted by Crippen LogP contribution is -2.25. The van der Waals surface area contributed by atoms with Crippen molar-refractivity contribution < 1.29 is 0 Å². The smallest absolute Gasteiger partial charge is 0.0725 e. The summed E-state index contributed by atoms with van der Waals surface area (Å²) in [6.45, 7) is 2.40. The van der Waals surface area contributed by atoms with Gasteiger partial charge in [0.25, 0.3) is 0 Å². The van der Waals surface area contributed by atoms with Crippen molar-refractivity contribution in [3.05, 3.63) is 269 Å². The minimum atomic E-state index is -0.398. The van der Waals surface area contributed by atoms with Gasteiger partial charge in [-0.1, -0.05) is 194 Å². The number of anilines is 3. The molecule has 0 radical (unpaired) electrons. The van der Waals surface area contributed by atoms with E-state index < -0.39 is 5.41 Å². The predicted molar refractivity (Wildman–Crippen MR) is 267 cm³/mol. The van der Waals surface area contributed by atoms with E-state index in [0.717, 1.165) is 17.1 Å². The van der Waals surface area contributed by atoms with Crippen molar-refractivity contribution >= 4 is 49.4 Å². The highest BCUT2D eigenvalue weighted by atomic mass is 15.1. The van der Waals surface area contributed by atoms with Crippen LogP contribution in [-0.4, -0.2) is 0 Å². The van der Waals surface area contributed by atoms with Gasteiger partial charge in [0.2, 0.25) is 0 Å². The summed E-state index contributed by atoms with van der Waals surface area (Å²) < 4.78 is 0. The Labute approximate surface area is 373 Å². The number of rotatable bonds is 4. The molecule has 11 aromatic carbocycles. The van der Waals surface area contributed by atoms with Gasteiger partial charge in [-0.05, 0) is 148 Å². The molecule has 0 saturated heterocycles. The molecule has 0 fully saturated rings. The van der Waals surface area contributed by atoms with Crippen LogP contribution in [-0.2, 0) is 10.8 Å². The fraction of sp³-hybridized carbons (Fsp3) is 0.0476. The van der Waals surface area contributed by atoms with Crippen LogP contribution in [0.4, 0.5) is 17.1 Å². The normalized spacial score (nSPS) is 15.8. The summed E-state index contributed by atoms with van der Waals surface area (Å²) in [5.41, 5.74) is 19.9. The van der Waals surface area contributed by atoms with Crippen LogP contribution in [0.15, 0.2) is 231 Å². The van der Waals surface area contributed by atoms with Crippen molar-refractivity contribution in [3.63, 3.8) is 0 Å². The fourth-order valence-electron chi connectivity index (χ4n) is 12.4. The third kappa shape index (κ3) is 4.53. The summed E-state index contributed by atoms with van der Waals surface area (Å²) in [4.78, 5) is 2.51. The molecule has 3 aliphatic rings. The zero-order chi connectivity index (χ0) is 42.1. The Kier molecular flexibility index (Phi) is 7.24. The Bertz CT molecular complexity index is 3680. The van der Waals surface area contributed by atoms with Crippen molar-refractivity contribution in [3.8, 4) is 33.4 Å². The van der Waals surface area contributed by atoms with E-state index in [1.807, 2.05) is 0 Å².